The van der Waals surface area contributed by atoms with Crippen LogP contribution in [0.3, 0.4) is 0 Å². The Balaban J connectivity index is 1.77. The Morgan fingerprint density at radius 1 is 1.02 bits per heavy atom. The quantitative estimate of drug-likeness (QED) is 0.0702. The molecule has 0 heterocycles. The van der Waals surface area contributed by atoms with Gasteiger partial charge in [0.2, 0.25) is 5.78 Å². The molecule has 48 heavy (non-hydrogen) atoms. The molecule has 19 heteroatoms. The number of benzene rings is 1. The number of aliphatic hydroxyl groups is 4. The molecule has 0 spiro atoms. The molecule has 0 saturated carbocycles. The Hall–Kier alpha value is -3.57. The molecule has 0 aliphatic heterocycles. The minimum Gasteiger partial charge on any atom is -0.510 e. The van der Waals surface area contributed by atoms with E-state index in [4.69, 9.17) is 20.8 Å². The van der Waals surface area contributed by atoms with E-state index in [1.807, 2.05) is 0 Å². The topological polar surface area (TPSA) is 277 Å². The molecule has 19 nitrogen and oxygen atoms in total. The smallest absolute Gasteiger partial charge is 0.259 e. The lowest BCUT2D eigenvalue weighted by atomic mass is 9.55. The molecular formula is C29H41N5O14. The minimum atomic E-state index is -3.07. The zero-order valence-electron chi connectivity index (χ0n) is 26.6. The molecule has 0 bridgehead atoms. The van der Waals surface area contributed by atoms with E-state index in [1.165, 1.54) is 36.0 Å². The molecule has 1 aromatic carbocycles. The number of nitrogens with one attached hydrogen (secondary N) is 1. The summed E-state index contributed by atoms with van der Waals surface area (Å²) in [5.74, 6) is -9.50. The molecule has 1 unspecified atom stereocenters. The summed E-state index contributed by atoms with van der Waals surface area (Å²) in [5.41, 5.74) is -4.34. The van der Waals surface area contributed by atoms with Gasteiger partial charge in [0.25, 0.3) is 5.91 Å². The highest BCUT2D eigenvalue weighted by Gasteiger charge is 2.67. The molecule has 266 valence electrons. The van der Waals surface area contributed by atoms with Gasteiger partial charge in [-0.2, -0.15) is 0 Å². The molecular weight excluding hydrogens is 642 g/mol. The van der Waals surface area contributed by atoms with Gasteiger partial charge >= 0.3 is 0 Å². The second kappa shape index (κ2) is 14.5. The number of amides is 1. The number of likely N-dealkylation sites (N-methyl/N-ethyl adjacent to an activating group) is 1. The zero-order valence-corrected chi connectivity index (χ0v) is 26.6. The highest BCUT2D eigenvalue weighted by molar-refractivity contribution is 6.25. The van der Waals surface area contributed by atoms with E-state index in [0.717, 1.165) is 0 Å². The zero-order chi connectivity index (χ0) is 35.8. The fraction of sp³-hybridized carbons (Fsp3) is 0.552. The molecule has 1 amide bonds. The number of carbonyl (C=O) groups is 3. The van der Waals surface area contributed by atoms with Gasteiger partial charge in [0.05, 0.1) is 53.8 Å². The van der Waals surface area contributed by atoms with Crippen molar-refractivity contribution in [2.45, 2.75) is 50.1 Å². The van der Waals surface area contributed by atoms with E-state index in [0.29, 0.717) is 5.56 Å². The lowest BCUT2D eigenvalue weighted by Gasteiger charge is -2.53. The first kappa shape index (κ1) is 37.3. The minimum absolute atomic E-state index is 0.118. The van der Waals surface area contributed by atoms with Crippen LogP contribution in [-0.2, 0) is 19.3 Å². The van der Waals surface area contributed by atoms with Crippen molar-refractivity contribution in [3.8, 4) is 5.75 Å². The number of aliphatic hydroxyl groups excluding tert-OH is 3. The number of hydrogen-bond acceptors (Lipinski definition) is 18. The van der Waals surface area contributed by atoms with E-state index in [9.17, 15) is 39.9 Å². The Morgan fingerprint density at radius 3 is 2.12 bits per heavy atom. The summed E-state index contributed by atoms with van der Waals surface area (Å²) in [6, 6.07) is 2.91. The van der Waals surface area contributed by atoms with E-state index >= 15 is 0 Å². The number of nitrogens with zero attached hydrogens (tertiary/aromatic N) is 4. The summed E-state index contributed by atoms with van der Waals surface area (Å²) in [4.78, 5) is 53.7. The second-order valence-corrected chi connectivity index (χ2v) is 12.0. The predicted molar refractivity (Wildman–Crippen MR) is 157 cm³/mol. The van der Waals surface area contributed by atoms with Gasteiger partial charge < -0.3 is 30.8 Å². The van der Waals surface area contributed by atoms with Crippen molar-refractivity contribution >= 4 is 17.5 Å². The molecule has 4 rings (SSSR count). The van der Waals surface area contributed by atoms with Gasteiger partial charge in [0, 0.05) is 24.6 Å². The van der Waals surface area contributed by atoms with E-state index in [-0.39, 0.29) is 38.3 Å². The van der Waals surface area contributed by atoms with Gasteiger partial charge in [-0.15, -0.1) is 0 Å². The summed E-state index contributed by atoms with van der Waals surface area (Å²) in [6.07, 6.45) is -2.60. The van der Waals surface area contributed by atoms with Crippen molar-refractivity contribution < 1.29 is 70.4 Å². The maximum Gasteiger partial charge on any atom is 0.259 e. The molecule has 3 aliphatic rings. The molecule has 7 atom stereocenters. The predicted octanol–water partition coefficient (Wildman–Crippen LogP) is -0.655. The van der Waals surface area contributed by atoms with Crippen LogP contribution < -0.4 is 5.32 Å². The van der Waals surface area contributed by atoms with Crippen molar-refractivity contribution in [3.05, 3.63) is 52.0 Å². The van der Waals surface area contributed by atoms with Crippen molar-refractivity contribution in [1.29, 1.82) is 0 Å². The third kappa shape index (κ3) is 6.43. The van der Waals surface area contributed by atoms with Gasteiger partial charge in [-0.05, 0) is 38.1 Å². The fourth-order valence-electron chi connectivity index (χ4n) is 7.14. The highest BCUT2D eigenvalue weighted by Crippen LogP contribution is 2.55. The number of Topliss-reactive ketones (excluding diaryl/α,β-unsaturated/α-hetero) is 2. The summed E-state index contributed by atoms with van der Waals surface area (Å²) in [5, 5.41) is 94.6. The molecule has 0 saturated heterocycles. The number of rotatable bonds is 13. The van der Waals surface area contributed by atoms with Crippen LogP contribution in [-0.4, -0.2) is 149 Å². The highest BCUT2D eigenvalue weighted by atomic mass is 17.1. The van der Waals surface area contributed by atoms with Gasteiger partial charge in [-0.3, -0.25) is 45.0 Å². The summed E-state index contributed by atoms with van der Waals surface area (Å²) in [6.45, 7) is 2.29. The first-order chi connectivity index (χ1) is 22.5. The number of ketones is 2. The molecule has 0 aromatic heterocycles. The van der Waals surface area contributed by atoms with Crippen LogP contribution in [0.2, 0.25) is 0 Å². The van der Waals surface area contributed by atoms with Crippen molar-refractivity contribution in [3.63, 3.8) is 0 Å². The maximum atomic E-state index is 14.2. The Morgan fingerprint density at radius 2 is 1.60 bits per heavy atom. The second-order valence-electron chi connectivity index (χ2n) is 12.0. The third-order valence-electron chi connectivity index (χ3n) is 9.27. The van der Waals surface area contributed by atoms with Gasteiger partial charge in [-0.25, -0.2) is 9.68 Å². The van der Waals surface area contributed by atoms with Gasteiger partial charge in [0.15, 0.2) is 11.4 Å². The largest absolute Gasteiger partial charge is 0.510 e. The lowest BCUT2D eigenvalue weighted by molar-refractivity contribution is -0.494. The number of aromatic hydroxyl groups is 1. The van der Waals surface area contributed by atoms with Crippen molar-refractivity contribution in [1.82, 2.24) is 25.9 Å². The maximum absolute atomic E-state index is 14.2. The molecule has 1 aromatic rings. The van der Waals surface area contributed by atoms with Crippen LogP contribution in [0.4, 0.5) is 0 Å². The number of fused-ring (bicyclic) bond motifs is 3. The van der Waals surface area contributed by atoms with Gasteiger partial charge in [0.1, 0.15) is 22.8 Å². The average Bonchev–Trinajstić information content (AvgIpc) is 3.00. The Bertz CT molecular complexity index is 1470. The van der Waals surface area contributed by atoms with Crippen molar-refractivity contribution in [2.24, 2.45) is 11.8 Å². The number of carbonyl (C=O) groups excluding carboxylic acids is 3. The molecule has 0 fully saturated rings. The fourth-order valence-corrected chi connectivity index (χ4v) is 7.14. The van der Waals surface area contributed by atoms with Crippen LogP contribution >= 0.6 is 0 Å². The van der Waals surface area contributed by atoms with Crippen molar-refractivity contribution in [2.75, 3.05) is 40.4 Å². The van der Waals surface area contributed by atoms with Crippen LogP contribution in [0.5, 0.6) is 5.75 Å². The number of phenols is 1. The lowest BCUT2D eigenvalue weighted by Crippen LogP contribution is -2.68. The first-order valence-electron chi connectivity index (χ1n) is 15.0. The number of hydrogen-bond donors (Lipinski definition) is 10. The molecule has 0 radical (unpaired) electrons. The van der Waals surface area contributed by atoms with Crippen LogP contribution in [0.15, 0.2) is 40.9 Å². The third-order valence-corrected chi connectivity index (χ3v) is 9.27. The first-order valence-corrected chi connectivity index (χ1v) is 15.0. The van der Waals surface area contributed by atoms with E-state index < -0.39 is 98.3 Å². The van der Waals surface area contributed by atoms with E-state index in [1.54, 1.807) is 19.9 Å². The number of phenolic OH excluding ortho intramolecular Hbond substituents is 1. The van der Waals surface area contributed by atoms with E-state index in [2.05, 4.69) is 15.0 Å². The summed E-state index contributed by atoms with van der Waals surface area (Å²) >= 11 is 0. The van der Waals surface area contributed by atoms with Gasteiger partial charge in [-0.1, -0.05) is 26.0 Å². The Kier molecular flexibility index (Phi) is 11.3. The van der Waals surface area contributed by atoms with Crippen LogP contribution in [0.1, 0.15) is 42.1 Å². The normalized spacial score (nSPS) is 27.9. The summed E-state index contributed by atoms with van der Waals surface area (Å²) in [7, 11) is 2.90. The SMILES string of the molecule is CCC(NC(=O)C1=C(O)[C@@H](N(C)C)[C@@H]2[C@@H](O)[C@H]3C(=C(O)[C@]2(O)C1=O)C(=O)c1c(O)cccc1[C@@H]3C)N(CCON(O)O)CCON(O)O. The monoisotopic (exact) mass is 683 g/mol. The molecule has 10 N–H and O–H groups in total. The van der Waals surface area contributed by atoms with Crippen LogP contribution in [0.25, 0.3) is 0 Å². The standard InChI is InChI=1S/C29H41N5O14/c1-5-16(32(9-11-47-33(43)44)10-12-48-34(45)46)30-28(41)20-25(38)22(31(3)4)21-24(37)17-13(2)14-7-6-8-15(35)18(14)23(36)19(17)26(39)29(21,42)27(20)40/h6-8,13,16-17,21-22,24,35,37-39,42-46H,5,9-12H2,1-4H3,(H,30,41)/t13-,16?,17+,21+,22-,24-,29-/m0/s1. The Labute approximate surface area is 274 Å². The average molecular weight is 684 g/mol. The van der Waals surface area contributed by atoms with Crippen LogP contribution in [0, 0.1) is 11.8 Å². The summed E-state index contributed by atoms with van der Waals surface area (Å²) < 4.78 is 0. The molecule has 3 aliphatic carbocycles.